The van der Waals surface area contributed by atoms with Gasteiger partial charge >= 0.3 is 6.18 Å². The van der Waals surface area contributed by atoms with E-state index in [-0.39, 0.29) is 34.9 Å². The summed E-state index contributed by atoms with van der Waals surface area (Å²) >= 11 is 5.98. The Balaban J connectivity index is 1.37. The van der Waals surface area contributed by atoms with Crippen molar-refractivity contribution in [2.75, 3.05) is 18.8 Å². The largest absolute Gasteiger partial charge is 0.416 e. The number of hydrogen-bond acceptors (Lipinski definition) is 6. The van der Waals surface area contributed by atoms with Gasteiger partial charge in [0.25, 0.3) is 5.91 Å². The molecule has 3 heterocycles. The highest BCUT2D eigenvalue weighted by Gasteiger charge is 2.32. The van der Waals surface area contributed by atoms with Gasteiger partial charge in [-0.15, -0.1) is 0 Å². The van der Waals surface area contributed by atoms with E-state index in [0.717, 1.165) is 36.6 Å². The van der Waals surface area contributed by atoms with Crippen molar-refractivity contribution in [2.45, 2.75) is 31.6 Å². The molecule has 212 valence electrons. The number of aromatic nitrogens is 4. The molecule has 4 aromatic rings. The van der Waals surface area contributed by atoms with Crippen LogP contribution in [0.1, 0.15) is 40.4 Å². The summed E-state index contributed by atoms with van der Waals surface area (Å²) in [5, 5.41) is 7.95. The number of piperidine rings is 1. The van der Waals surface area contributed by atoms with E-state index in [0.29, 0.717) is 35.4 Å². The summed E-state index contributed by atoms with van der Waals surface area (Å²) in [6.45, 7) is 4.74. The van der Waals surface area contributed by atoms with E-state index in [4.69, 9.17) is 22.4 Å². The molecule has 1 aliphatic rings. The molecule has 5 rings (SSSR count). The number of anilines is 1. The smallest absolute Gasteiger partial charge is 0.383 e. The Morgan fingerprint density at radius 1 is 1.17 bits per heavy atom. The van der Waals surface area contributed by atoms with Crippen molar-refractivity contribution in [2.24, 2.45) is 0 Å². The third-order valence-corrected chi connectivity index (χ3v) is 7.30. The highest BCUT2D eigenvalue weighted by atomic mass is 35.5. The van der Waals surface area contributed by atoms with E-state index in [9.17, 15) is 22.8 Å². The number of likely N-dealkylation sites (tertiary alicyclic amines) is 1. The normalized spacial score (nSPS) is 15.6. The molecule has 13 heteroatoms. The van der Waals surface area contributed by atoms with E-state index < -0.39 is 17.6 Å². The number of carbonyl (C=O) groups excluding carboxylic acids is 2. The van der Waals surface area contributed by atoms with E-state index in [1.54, 1.807) is 33.8 Å². The lowest BCUT2D eigenvalue weighted by atomic mass is 10.1. The van der Waals surface area contributed by atoms with E-state index in [1.165, 1.54) is 12.4 Å². The van der Waals surface area contributed by atoms with Crippen LogP contribution < -0.4 is 11.1 Å². The van der Waals surface area contributed by atoms with Gasteiger partial charge in [0.1, 0.15) is 17.8 Å². The SMILES string of the molecule is C=CC(=O)N1CCCC(n2nc(-c3ccc(CNC(=O)c4cc(C(F)(F)F)ccc4Cl)cc3)c3c(N)ncnc32)C1. The second kappa shape index (κ2) is 11.2. The highest BCUT2D eigenvalue weighted by molar-refractivity contribution is 6.33. The van der Waals surface area contributed by atoms with Gasteiger partial charge < -0.3 is 16.0 Å². The molecule has 1 saturated heterocycles. The third kappa shape index (κ3) is 5.73. The minimum Gasteiger partial charge on any atom is -0.383 e. The number of amides is 2. The Kier molecular flexibility index (Phi) is 7.68. The Morgan fingerprint density at radius 2 is 1.93 bits per heavy atom. The maximum absolute atomic E-state index is 13.1. The van der Waals surface area contributed by atoms with Crippen molar-refractivity contribution in [1.29, 1.82) is 0 Å². The number of benzene rings is 2. The fourth-order valence-electron chi connectivity index (χ4n) is 4.87. The summed E-state index contributed by atoms with van der Waals surface area (Å²) in [5.41, 5.74) is 7.56. The number of nitrogens with two attached hydrogens (primary N) is 1. The van der Waals surface area contributed by atoms with Crippen LogP contribution in [0.15, 0.2) is 61.4 Å². The van der Waals surface area contributed by atoms with Crippen molar-refractivity contribution in [1.82, 2.24) is 30.0 Å². The summed E-state index contributed by atoms with van der Waals surface area (Å²) in [5.74, 6) is -0.602. The first-order valence-electron chi connectivity index (χ1n) is 12.7. The second-order valence-corrected chi connectivity index (χ2v) is 10.0. The van der Waals surface area contributed by atoms with Crippen LogP contribution in [-0.4, -0.2) is 49.6 Å². The Hall–Kier alpha value is -4.45. The third-order valence-electron chi connectivity index (χ3n) is 6.97. The minimum atomic E-state index is -4.60. The topological polar surface area (TPSA) is 119 Å². The number of nitrogen functional groups attached to an aromatic ring is 1. The monoisotopic (exact) mass is 583 g/mol. The molecule has 0 radical (unpaired) electrons. The zero-order chi connectivity index (χ0) is 29.3. The van der Waals surface area contributed by atoms with Gasteiger partial charge in [-0.3, -0.25) is 9.59 Å². The van der Waals surface area contributed by atoms with Crippen LogP contribution in [-0.2, 0) is 17.5 Å². The van der Waals surface area contributed by atoms with Crippen LogP contribution in [0.2, 0.25) is 5.02 Å². The van der Waals surface area contributed by atoms with Gasteiger partial charge in [-0.05, 0) is 42.7 Å². The first-order chi connectivity index (χ1) is 19.6. The van der Waals surface area contributed by atoms with Gasteiger partial charge in [-0.2, -0.15) is 18.3 Å². The Labute approximate surface area is 237 Å². The fraction of sp³-hybridized carbons (Fsp3) is 0.250. The average Bonchev–Trinajstić information content (AvgIpc) is 3.36. The van der Waals surface area contributed by atoms with Gasteiger partial charge in [0.15, 0.2) is 5.65 Å². The Morgan fingerprint density at radius 3 is 2.63 bits per heavy atom. The lowest BCUT2D eigenvalue weighted by molar-refractivity contribution is -0.137. The first kappa shape index (κ1) is 28.1. The molecule has 0 spiro atoms. The van der Waals surface area contributed by atoms with Crippen molar-refractivity contribution in [3.8, 4) is 11.3 Å². The van der Waals surface area contributed by atoms with Crippen LogP contribution in [0.3, 0.4) is 0 Å². The van der Waals surface area contributed by atoms with E-state index in [2.05, 4.69) is 21.9 Å². The molecule has 2 aromatic heterocycles. The van der Waals surface area contributed by atoms with Gasteiger partial charge in [-0.1, -0.05) is 42.4 Å². The molecule has 0 aliphatic carbocycles. The fourth-order valence-corrected chi connectivity index (χ4v) is 5.07. The molecule has 41 heavy (non-hydrogen) atoms. The van der Waals surface area contributed by atoms with Crippen molar-refractivity contribution >= 4 is 40.3 Å². The van der Waals surface area contributed by atoms with Gasteiger partial charge in [0, 0.05) is 25.2 Å². The quantitative estimate of drug-likeness (QED) is 0.307. The molecule has 9 nitrogen and oxygen atoms in total. The van der Waals surface area contributed by atoms with Crippen molar-refractivity contribution in [3.05, 3.63) is 83.2 Å². The second-order valence-electron chi connectivity index (χ2n) is 9.61. The molecule has 1 unspecified atom stereocenters. The predicted octanol–water partition coefficient (Wildman–Crippen LogP) is 5.03. The number of carbonyl (C=O) groups is 2. The van der Waals surface area contributed by atoms with Crippen LogP contribution in [0, 0.1) is 0 Å². The number of halogens is 4. The Bertz CT molecular complexity index is 1640. The zero-order valence-corrected chi connectivity index (χ0v) is 22.4. The minimum absolute atomic E-state index is 0.0569. The lowest BCUT2D eigenvalue weighted by Gasteiger charge is -2.32. The molecular formula is C28H25ClF3N7O2. The summed E-state index contributed by atoms with van der Waals surface area (Å²) in [6.07, 6.45) is -0.325. The van der Waals surface area contributed by atoms with Gasteiger partial charge in [0.2, 0.25) is 5.91 Å². The molecule has 0 saturated carbocycles. The predicted molar refractivity (Wildman–Crippen MR) is 148 cm³/mol. The van der Waals surface area contributed by atoms with Gasteiger partial charge in [0.05, 0.1) is 27.6 Å². The molecule has 2 amide bonds. The summed E-state index contributed by atoms with van der Waals surface area (Å²) in [7, 11) is 0. The highest BCUT2D eigenvalue weighted by Crippen LogP contribution is 2.34. The molecule has 1 atom stereocenters. The molecule has 1 aliphatic heterocycles. The van der Waals surface area contributed by atoms with Crippen LogP contribution in [0.25, 0.3) is 22.3 Å². The number of rotatable bonds is 6. The van der Waals surface area contributed by atoms with Crippen molar-refractivity contribution < 1.29 is 22.8 Å². The summed E-state index contributed by atoms with van der Waals surface area (Å²) in [6, 6.07) is 9.61. The summed E-state index contributed by atoms with van der Waals surface area (Å²) < 4.78 is 41.0. The summed E-state index contributed by atoms with van der Waals surface area (Å²) in [4.78, 5) is 35.1. The molecule has 2 aromatic carbocycles. The van der Waals surface area contributed by atoms with Crippen LogP contribution in [0.4, 0.5) is 19.0 Å². The lowest BCUT2D eigenvalue weighted by Crippen LogP contribution is -2.40. The zero-order valence-electron chi connectivity index (χ0n) is 21.7. The molecular weight excluding hydrogens is 559 g/mol. The van der Waals surface area contributed by atoms with Gasteiger partial charge in [-0.25, -0.2) is 14.6 Å². The number of hydrogen-bond donors (Lipinski definition) is 2. The standard InChI is InChI=1S/C28H25ClF3N7O2/c1-2-22(40)38-11-3-4-19(14-38)39-26-23(25(33)35-15-36-26)24(37-39)17-7-5-16(6-8-17)13-34-27(41)20-12-18(28(30,31)32)9-10-21(20)29/h2,5-10,12,15,19H,1,3-4,11,13-14H2,(H,34,41)(H2,33,35,36). The molecule has 3 N–H and O–H groups in total. The molecule has 0 bridgehead atoms. The van der Waals surface area contributed by atoms with Crippen molar-refractivity contribution in [3.63, 3.8) is 0 Å². The molecule has 1 fully saturated rings. The van der Waals surface area contributed by atoms with Crippen LogP contribution in [0.5, 0.6) is 0 Å². The average molecular weight is 584 g/mol. The number of nitrogens with zero attached hydrogens (tertiary/aromatic N) is 5. The number of alkyl halides is 3. The maximum atomic E-state index is 13.1. The number of fused-ring (bicyclic) bond motifs is 1. The van der Waals surface area contributed by atoms with E-state index in [1.807, 2.05) is 0 Å². The first-order valence-corrected chi connectivity index (χ1v) is 13.1. The van der Waals surface area contributed by atoms with Crippen LogP contribution >= 0.6 is 11.6 Å². The van der Waals surface area contributed by atoms with E-state index >= 15 is 0 Å². The maximum Gasteiger partial charge on any atom is 0.416 e. The number of nitrogens with one attached hydrogen (secondary N) is 1.